The Morgan fingerprint density at radius 1 is 0.652 bits per heavy atom. The first-order valence-corrected chi connectivity index (χ1v) is 8.71. The summed E-state index contributed by atoms with van der Waals surface area (Å²) in [6, 6.07) is 19.9. The van der Waals surface area contributed by atoms with Gasteiger partial charge in [-0.2, -0.15) is 0 Å². The van der Waals surface area contributed by atoms with E-state index in [0.717, 1.165) is 11.1 Å². The van der Waals surface area contributed by atoms with Crippen molar-refractivity contribution in [2.24, 2.45) is 5.73 Å². The van der Waals surface area contributed by atoms with Gasteiger partial charge in [-0.05, 0) is 11.1 Å². The number of methoxy groups -OCH3 is 1. The fourth-order valence-corrected chi connectivity index (χ4v) is 1.98. The van der Waals surface area contributed by atoms with Crippen molar-refractivity contribution in [1.82, 2.24) is 0 Å². The van der Waals surface area contributed by atoms with Gasteiger partial charge < -0.3 is 10.5 Å². The molecule has 0 aliphatic rings. The van der Waals surface area contributed by atoms with Crippen LogP contribution in [0, 0.1) is 0 Å². The predicted molar refractivity (Wildman–Crippen MR) is 104 cm³/mol. The maximum absolute atomic E-state index is 6.26. The Balaban J connectivity index is 0. The highest BCUT2D eigenvalue weighted by Gasteiger charge is 2.20. The molecule has 23 heavy (non-hydrogen) atoms. The molecule has 0 spiro atoms. The summed E-state index contributed by atoms with van der Waals surface area (Å²) < 4.78 is 5.53. The van der Waals surface area contributed by atoms with Crippen molar-refractivity contribution in [3.8, 4) is 0 Å². The summed E-state index contributed by atoms with van der Waals surface area (Å²) in [5.41, 5.74) is 8.45. The Bertz CT molecular complexity index is 442. The Hall–Kier alpha value is -1.64. The fraction of sp³-hybridized carbons (Fsp3) is 0.429. The first-order valence-electron chi connectivity index (χ1n) is 8.71. The molecule has 0 saturated heterocycles. The van der Waals surface area contributed by atoms with E-state index in [0.29, 0.717) is 0 Å². The molecule has 2 nitrogen and oxygen atoms in total. The molecule has 0 saturated carbocycles. The fourth-order valence-electron chi connectivity index (χ4n) is 1.98. The van der Waals surface area contributed by atoms with Crippen molar-refractivity contribution in [1.29, 1.82) is 0 Å². The Morgan fingerprint density at radius 2 is 1.00 bits per heavy atom. The quantitative estimate of drug-likeness (QED) is 0.733. The van der Waals surface area contributed by atoms with Crippen LogP contribution in [0.2, 0.25) is 0 Å². The molecule has 2 heteroatoms. The minimum atomic E-state index is -0.149. The summed E-state index contributed by atoms with van der Waals surface area (Å²) in [5.74, 6) is 0. The summed E-state index contributed by atoms with van der Waals surface area (Å²) in [6.07, 6.45) is -0.112. The van der Waals surface area contributed by atoms with E-state index in [4.69, 9.17) is 10.5 Å². The number of rotatable bonds is 4. The molecule has 130 valence electrons. The summed E-state index contributed by atoms with van der Waals surface area (Å²) in [5, 5.41) is 0. The van der Waals surface area contributed by atoms with E-state index in [2.05, 4.69) is 0 Å². The highest BCUT2D eigenvalue weighted by Crippen LogP contribution is 2.29. The zero-order valence-corrected chi connectivity index (χ0v) is 15.9. The molecule has 0 fully saturated rings. The molecule has 0 amide bonds. The van der Waals surface area contributed by atoms with Gasteiger partial charge in [0.05, 0.1) is 6.04 Å². The van der Waals surface area contributed by atoms with Crippen molar-refractivity contribution in [2.75, 3.05) is 7.11 Å². The maximum atomic E-state index is 6.26. The molecule has 2 N–H and O–H groups in total. The lowest BCUT2D eigenvalue weighted by molar-refractivity contribution is 0.0802. The number of benzene rings is 2. The van der Waals surface area contributed by atoms with Crippen LogP contribution in [-0.2, 0) is 4.74 Å². The average Bonchev–Trinajstić information content (AvgIpc) is 2.68. The zero-order valence-electron chi connectivity index (χ0n) is 15.9. The molecule has 2 aromatic carbocycles. The third-order valence-electron chi connectivity index (χ3n) is 2.89. The number of nitrogens with two attached hydrogens (primary N) is 1. The van der Waals surface area contributed by atoms with Gasteiger partial charge in [0.25, 0.3) is 0 Å². The van der Waals surface area contributed by atoms with Crippen LogP contribution in [0.1, 0.15) is 64.8 Å². The third-order valence-corrected chi connectivity index (χ3v) is 2.89. The summed E-state index contributed by atoms with van der Waals surface area (Å²) in [6.45, 7) is 12.0. The van der Waals surface area contributed by atoms with Gasteiger partial charge in [0.2, 0.25) is 0 Å². The molecular formula is C21H35NO. The lowest BCUT2D eigenvalue weighted by Crippen LogP contribution is -2.21. The molecule has 0 aliphatic carbocycles. The summed E-state index contributed by atoms with van der Waals surface area (Å²) in [4.78, 5) is 0. The lowest BCUT2D eigenvalue weighted by Gasteiger charge is -2.23. The monoisotopic (exact) mass is 317 g/mol. The van der Waals surface area contributed by atoms with Crippen LogP contribution < -0.4 is 5.73 Å². The highest BCUT2D eigenvalue weighted by atomic mass is 16.5. The van der Waals surface area contributed by atoms with Crippen molar-refractivity contribution < 1.29 is 4.74 Å². The SMILES string of the molecule is CC.CC.CC.CO[C@H](c1ccccc1)C(N)c1ccccc1. The van der Waals surface area contributed by atoms with Gasteiger partial charge in [-0.3, -0.25) is 0 Å². The maximum Gasteiger partial charge on any atom is 0.101 e. The normalized spacial score (nSPS) is 11.3. The molecule has 0 heterocycles. The largest absolute Gasteiger partial charge is 0.375 e. The number of ether oxygens (including phenoxy) is 1. The van der Waals surface area contributed by atoms with Crippen LogP contribution in [-0.4, -0.2) is 7.11 Å². The molecule has 0 aliphatic heterocycles. The van der Waals surface area contributed by atoms with E-state index in [1.807, 2.05) is 102 Å². The number of hydrogen-bond donors (Lipinski definition) is 1. The van der Waals surface area contributed by atoms with E-state index in [1.165, 1.54) is 0 Å². The average molecular weight is 318 g/mol. The second-order valence-corrected chi connectivity index (χ2v) is 4.00. The van der Waals surface area contributed by atoms with Crippen LogP contribution in [0.15, 0.2) is 60.7 Å². The van der Waals surface area contributed by atoms with E-state index < -0.39 is 0 Å². The first-order chi connectivity index (χ1) is 11.3. The van der Waals surface area contributed by atoms with E-state index in [1.54, 1.807) is 7.11 Å². The van der Waals surface area contributed by atoms with Gasteiger partial charge in [0.15, 0.2) is 0 Å². The number of hydrogen-bond acceptors (Lipinski definition) is 2. The van der Waals surface area contributed by atoms with Crippen LogP contribution in [0.4, 0.5) is 0 Å². The van der Waals surface area contributed by atoms with E-state index in [-0.39, 0.29) is 12.1 Å². The predicted octanol–water partition coefficient (Wildman–Crippen LogP) is 6.15. The van der Waals surface area contributed by atoms with Gasteiger partial charge >= 0.3 is 0 Å². The topological polar surface area (TPSA) is 35.2 Å². The van der Waals surface area contributed by atoms with Gasteiger partial charge in [0.1, 0.15) is 6.10 Å². The zero-order chi connectivity index (χ0) is 18.1. The van der Waals surface area contributed by atoms with Gasteiger partial charge in [-0.1, -0.05) is 102 Å². The Labute approximate surface area is 143 Å². The van der Waals surface area contributed by atoms with Crippen molar-refractivity contribution in [3.63, 3.8) is 0 Å². The third kappa shape index (κ3) is 8.53. The van der Waals surface area contributed by atoms with E-state index in [9.17, 15) is 0 Å². The highest BCUT2D eigenvalue weighted by molar-refractivity contribution is 5.25. The first kappa shape index (κ1) is 23.6. The molecule has 2 rings (SSSR count). The van der Waals surface area contributed by atoms with Crippen molar-refractivity contribution in [3.05, 3.63) is 71.8 Å². The van der Waals surface area contributed by atoms with E-state index >= 15 is 0 Å². The minimum absolute atomic E-state index is 0.112. The molecule has 0 aromatic heterocycles. The van der Waals surface area contributed by atoms with Crippen molar-refractivity contribution >= 4 is 0 Å². The smallest absolute Gasteiger partial charge is 0.101 e. The molecular weight excluding hydrogens is 282 g/mol. The second-order valence-electron chi connectivity index (χ2n) is 4.00. The van der Waals surface area contributed by atoms with Crippen LogP contribution in [0.25, 0.3) is 0 Å². The standard InChI is InChI=1S/C15H17NO.3C2H6/c1-17-15(13-10-6-3-7-11-13)14(16)12-8-4-2-5-9-12;3*1-2/h2-11,14-15H,16H2,1H3;3*1-2H3/t14?,15-;;;/m1.../s1. The molecule has 0 bridgehead atoms. The minimum Gasteiger partial charge on any atom is -0.375 e. The summed E-state index contributed by atoms with van der Waals surface area (Å²) >= 11 is 0. The lowest BCUT2D eigenvalue weighted by atomic mass is 9.96. The Morgan fingerprint density at radius 3 is 1.35 bits per heavy atom. The van der Waals surface area contributed by atoms with Gasteiger partial charge in [0, 0.05) is 7.11 Å². The molecule has 2 aromatic rings. The summed E-state index contributed by atoms with van der Waals surface area (Å²) in [7, 11) is 1.69. The molecule has 2 atom stereocenters. The van der Waals surface area contributed by atoms with Crippen LogP contribution >= 0.6 is 0 Å². The Kier molecular flexibility index (Phi) is 17.2. The van der Waals surface area contributed by atoms with Gasteiger partial charge in [-0.25, -0.2) is 0 Å². The molecule has 0 radical (unpaired) electrons. The van der Waals surface area contributed by atoms with Crippen molar-refractivity contribution in [2.45, 2.75) is 53.7 Å². The van der Waals surface area contributed by atoms with Gasteiger partial charge in [-0.15, -0.1) is 0 Å². The second kappa shape index (κ2) is 16.7. The van der Waals surface area contributed by atoms with Crippen LogP contribution in [0.5, 0.6) is 0 Å². The molecule has 1 unspecified atom stereocenters. The van der Waals surface area contributed by atoms with Crippen LogP contribution in [0.3, 0.4) is 0 Å².